The van der Waals surface area contributed by atoms with Gasteiger partial charge in [0.1, 0.15) is 0 Å². The monoisotopic (exact) mass is 197 g/mol. The lowest BCUT2D eigenvalue weighted by atomic mass is 10.3. The summed E-state index contributed by atoms with van der Waals surface area (Å²) in [5.41, 5.74) is 0. The molecule has 0 saturated heterocycles. The summed E-state index contributed by atoms with van der Waals surface area (Å²) in [6.45, 7) is 2.04. The number of hydrogen-bond donors (Lipinski definition) is 0. The summed E-state index contributed by atoms with van der Waals surface area (Å²) in [7, 11) is 0. The summed E-state index contributed by atoms with van der Waals surface area (Å²) in [6.07, 6.45) is 0.944. The molecule has 0 aromatic carbocycles. The van der Waals surface area contributed by atoms with Crippen molar-refractivity contribution in [2.24, 2.45) is 4.99 Å². The van der Waals surface area contributed by atoms with Crippen LogP contribution in [0.3, 0.4) is 0 Å². The van der Waals surface area contributed by atoms with E-state index in [1.807, 2.05) is 13.0 Å². The Balaban J connectivity index is 2.88. The normalized spacial score (nSPS) is 9.08. The second-order valence-corrected chi connectivity index (χ2v) is 3.48. The van der Waals surface area contributed by atoms with E-state index in [2.05, 4.69) is 22.4 Å². The third-order valence-corrected chi connectivity index (χ3v) is 2.68. The van der Waals surface area contributed by atoms with Crippen molar-refractivity contribution < 1.29 is 4.79 Å². The quantitative estimate of drug-likeness (QED) is 0.538. The molecule has 62 valence electrons. The lowest BCUT2D eigenvalue weighted by Gasteiger charge is -1.84. The topological polar surface area (TPSA) is 29.4 Å². The molecule has 2 nitrogen and oxygen atoms in total. The summed E-state index contributed by atoms with van der Waals surface area (Å²) < 4.78 is 0. The Hall–Kier alpha value is -0.830. The van der Waals surface area contributed by atoms with Gasteiger partial charge in [-0.15, -0.1) is 11.3 Å². The first-order chi connectivity index (χ1) is 5.77. The second-order valence-electron chi connectivity index (χ2n) is 2.13. The Morgan fingerprint density at radius 3 is 3.00 bits per heavy atom. The number of hydrogen-bond acceptors (Lipinski definition) is 3. The third kappa shape index (κ3) is 2.08. The molecular formula is C8H7NOS2. The van der Waals surface area contributed by atoms with Crippen LogP contribution in [-0.2, 0) is 6.42 Å². The van der Waals surface area contributed by atoms with Gasteiger partial charge in [0.05, 0.1) is 10.0 Å². The molecule has 0 aliphatic rings. The van der Waals surface area contributed by atoms with Crippen LogP contribution < -0.4 is 0 Å². The number of thiophene rings is 1. The number of isothiocyanates is 1. The minimum absolute atomic E-state index is 0.297. The van der Waals surface area contributed by atoms with Gasteiger partial charge in [-0.05, 0) is 30.8 Å². The van der Waals surface area contributed by atoms with Crippen molar-refractivity contribution in [1.82, 2.24) is 0 Å². The number of amides is 1. The van der Waals surface area contributed by atoms with Crippen LogP contribution in [0.2, 0.25) is 0 Å². The fourth-order valence-corrected chi connectivity index (χ4v) is 1.69. The van der Waals surface area contributed by atoms with Gasteiger partial charge in [0.2, 0.25) is 0 Å². The maximum Gasteiger partial charge on any atom is 0.295 e. The molecule has 0 spiro atoms. The van der Waals surface area contributed by atoms with E-state index in [-0.39, 0.29) is 5.91 Å². The van der Waals surface area contributed by atoms with Gasteiger partial charge in [-0.3, -0.25) is 4.79 Å². The van der Waals surface area contributed by atoms with Crippen molar-refractivity contribution in [2.75, 3.05) is 0 Å². The second kappa shape index (κ2) is 4.26. The zero-order chi connectivity index (χ0) is 8.97. The molecule has 12 heavy (non-hydrogen) atoms. The lowest BCUT2D eigenvalue weighted by molar-refractivity contribution is 0.101. The molecule has 1 aromatic heterocycles. The van der Waals surface area contributed by atoms with Crippen molar-refractivity contribution in [1.29, 1.82) is 0 Å². The predicted octanol–water partition coefficient (Wildman–Crippen LogP) is 2.55. The van der Waals surface area contributed by atoms with Crippen molar-refractivity contribution in [3.05, 3.63) is 21.9 Å². The molecule has 1 rings (SSSR count). The van der Waals surface area contributed by atoms with Crippen LogP contribution in [0.4, 0.5) is 0 Å². The number of carbonyl (C=O) groups is 1. The molecular weight excluding hydrogens is 190 g/mol. The fraction of sp³-hybridized carbons (Fsp3) is 0.250. The maximum atomic E-state index is 11.1. The molecule has 0 bridgehead atoms. The molecule has 0 aliphatic carbocycles. The Morgan fingerprint density at radius 2 is 2.50 bits per heavy atom. The Bertz CT molecular complexity index is 337. The summed E-state index contributed by atoms with van der Waals surface area (Å²) >= 11 is 5.78. The van der Waals surface area contributed by atoms with Crippen LogP contribution >= 0.6 is 23.6 Å². The molecule has 0 fully saturated rings. The molecule has 4 heteroatoms. The van der Waals surface area contributed by atoms with Gasteiger partial charge in [-0.1, -0.05) is 6.92 Å². The van der Waals surface area contributed by atoms with E-state index in [9.17, 15) is 4.79 Å². The fourth-order valence-electron chi connectivity index (χ4n) is 0.779. The Labute approximate surface area is 79.9 Å². The average Bonchev–Trinajstić information content (AvgIpc) is 2.52. The van der Waals surface area contributed by atoms with E-state index in [1.165, 1.54) is 16.2 Å². The van der Waals surface area contributed by atoms with Crippen molar-refractivity contribution >= 4 is 34.6 Å². The Kier molecular flexibility index (Phi) is 3.29. The van der Waals surface area contributed by atoms with E-state index < -0.39 is 0 Å². The van der Waals surface area contributed by atoms with Crippen molar-refractivity contribution in [3.63, 3.8) is 0 Å². The molecule has 0 N–H and O–H groups in total. The lowest BCUT2D eigenvalue weighted by Crippen LogP contribution is -1.87. The van der Waals surface area contributed by atoms with E-state index >= 15 is 0 Å². The van der Waals surface area contributed by atoms with Crippen molar-refractivity contribution in [3.8, 4) is 0 Å². The van der Waals surface area contributed by atoms with Gasteiger partial charge in [-0.2, -0.15) is 4.99 Å². The SMILES string of the molecule is CCc1ccc(C(=O)N=C=S)s1. The first-order valence-electron chi connectivity index (χ1n) is 3.49. The van der Waals surface area contributed by atoms with Crippen molar-refractivity contribution in [2.45, 2.75) is 13.3 Å². The van der Waals surface area contributed by atoms with Gasteiger partial charge in [-0.25, -0.2) is 0 Å². The molecule has 1 aromatic rings. The first-order valence-corrected chi connectivity index (χ1v) is 4.71. The largest absolute Gasteiger partial charge is 0.295 e. The molecule has 0 radical (unpaired) electrons. The molecule has 0 unspecified atom stereocenters. The van der Waals surface area contributed by atoms with E-state index in [1.54, 1.807) is 6.07 Å². The summed E-state index contributed by atoms with van der Waals surface area (Å²) in [6, 6.07) is 3.69. The van der Waals surface area contributed by atoms with Crippen LogP contribution in [0.5, 0.6) is 0 Å². The molecule has 0 saturated carbocycles. The third-order valence-electron chi connectivity index (χ3n) is 1.37. The summed E-state index contributed by atoms with van der Waals surface area (Å²) in [5.74, 6) is -0.297. The predicted molar refractivity (Wildman–Crippen MR) is 53.1 cm³/mol. The highest BCUT2D eigenvalue weighted by Gasteiger charge is 2.05. The molecule has 0 atom stereocenters. The number of nitrogens with zero attached hydrogens (tertiary/aromatic N) is 1. The molecule has 0 aliphatic heterocycles. The summed E-state index contributed by atoms with van der Waals surface area (Å²) in [4.78, 5) is 16.3. The van der Waals surface area contributed by atoms with Crippen LogP contribution in [0, 0.1) is 0 Å². The van der Waals surface area contributed by atoms with E-state index in [0.29, 0.717) is 4.88 Å². The summed E-state index contributed by atoms with van der Waals surface area (Å²) in [5, 5.41) is 2.06. The van der Waals surface area contributed by atoms with Gasteiger partial charge in [0, 0.05) is 4.88 Å². The van der Waals surface area contributed by atoms with Gasteiger partial charge in [0.25, 0.3) is 5.91 Å². The standard InChI is InChI=1S/C8H7NOS2/c1-2-6-3-4-7(12-6)8(10)9-5-11/h3-4H,2H2,1H3. The highest BCUT2D eigenvalue weighted by atomic mass is 32.1. The molecule has 1 amide bonds. The number of aryl methyl sites for hydroxylation is 1. The average molecular weight is 197 g/mol. The van der Waals surface area contributed by atoms with E-state index in [4.69, 9.17) is 0 Å². The maximum absolute atomic E-state index is 11.1. The molecule has 1 heterocycles. The number of rotatable bonds is 2. The van der Waals surface area contributed by atoms with Gasteiger partial charge < -0.3 is 0 Å². The zero-order valence-corrected chi connectivity index (χ0v) is 8.17. The minimum Gasteiger partial charge on any atom is -0.265 e. The van der Waals surface area contributed by atoms with Crippen LogP contribution in [0.1, 0.15) is 21.5 Å². The highest BCUT2D eigenvalue weighted by molar-refractivity contribution is 7.78. The highest BCUT2D eigenvalue weighted by Crippen LogP contribution is 2.17. The Morgan fingerprint density at radius 1 is 1.75 bits per heavy atom. The van der Waals surface area contributed by atoms with Crippen LogP contribution in [-0.4, -0.2) is 11.1 Å². The van der Waals surface area contributed by atoms with Crippen LogP contribution in [0.15, 0.2) is 17.1 Å². The number of aliphatic imine (C=N–C) groups is 1. The minimum atomic E-state index is -0.297. The number of carbonyl (C=O) groups excluding carboxylic acids is 1. The first kappa shape index (κ1) is 9.26. The van der Waals surface area contributed by atoms with E-state index in [0.717, 1.165) is 6.42 Å². The van der Waals surface area contributed by atoms with Gasteiger partial charge in [0.15, 0.2) is 0 Å². The van der Waals surface area contributed by atoms with Gasteiger partial charge >= 0.3 is 0 Å². The van der Waals surface area contributed by atoms with Crippen LogP contribution in [0.25, 0.3) is 0 Å². The smallest absolute Gasteiger partial charge is 0.265 e. The number of thiocarbonyl (C=S) groups is 1. The zero-order valence-electron chi connectivity index (χ0n) is 6.53.